The van der Waals surface area contributed by atoms with Gasteiger partial charge in [0.25, 0.3) is 11.5 Å². The van der Waals surface area contributed by atoms with Crippen LogP contribution in [0, 0.1) is 5.92 Å². The Hall–Kier alpha value is -2.90. The molecule has 8 heteroatoms. The van der Waals surface area contributed by atoms with E-state index in [1.165, 1.54) is 11.0 Å². The summed E-state index contributed by atoms with van der Waals surface area (Å²) >= 11 is 0. The average molecular weight is 397 g/mol. The molecule has 2 aromatic heterocycles. The van der Waals surface area contributed by atoms with Gasteiger partial charge in [-0.15, -0.1) is 0 Å². The number of piperidine rings is 1. The van der Waals surface area contributed by atoms with Crippen molar-refractivity contribution < 1.29 is 9.59 Å². The summed E-state index contributed by atoms with van der Waals surface area (Å²) in [5.41, 5.74) is 2.04. The van der Waals surface area contributed by atoms with E-state index in [4.69, 9.17) is 0 Å². The number of likely N-dealkylation sites (tertiary alicyclic amines) is 1. The zero-order valence-corrected chi connectivity index (χ0v) is 17.1. The zero-order valence-electron chi connectivity index (χ0n) is 17.1. The molecule has 3 atom stereocenters. The van der Waals surface area contributed by atoms with Gasteiger partial charge in [-0.05, 0) is 25.0 Å². The Kier molecular flexibility index (Phi) is 5.02. The minimum absolute atomic E-state index is 0.0341. The highest BCUT2D eigenvalue weighted by atomic mass is 16.2. The van der Waals surface area contributed by atoms with Crippen LogP contribution in [-0.2, 0) is 11.2 Å². The van der Waals surface area contributed by atoms with Crippen molar-refractivity contribution in [3.8, 4) is 0 Å². The maximum Gasteiger partial charge on any atom is 0.274 e. The number of fused-ring (bicyclic) bond motifs is 4. The summed E-state index contributed by atoms with van der Waals surface area (Å²) in [5, 5.41) is 7.14. The molecule has 0 radical (unpaired) electrons. The quantitative estimate of drug-likeness (QED) is 0.845. The van der Waals surface area contributed by atoms with Gasteiger partial charge in [0.15, 0.2) is 0 Å². The number of amides is 2. The normalized spacial score (nSPS) is 22.9. The third-order valence-corrected chi connectivity index (χ3v) is 6.00. The van der Waals surface area contributed by atoms with Crippen LogP contribution in [0.25, 0.3) is 0 Å². The van der Waals surface area contributed by atoms with Gasteiger partial charge in [0.2, 0.25) is 5.91 Å². The van der Waals surface area contributed by atoms with Crippen molar-refractivity contribution >= 4 is 11.8 Å². The standard InChI is InChI=1S/C21H27N5O3/c1-4-6-15-10-16(23-22-15)20(28)25-11-13-9-14(12-25)19(21(29)24(2)3)26-17(13)7-5-8-18(26)27/h5,7-8,10,13-14,19H,4,6,9,11-12H2,1-3H3,(H,22,23)/t13-,14+,19-/m1/s1. The molecule has 4 rings (SSSR count). The second-order valence-electron chi connectivity index (χ2n) is 8.27. The van der Waals surface area contributed by atoms with Crippen molar-refractivity contribution in [1.82, 2.24) is 24.6 Å². The molecule has 29 heavy (non-hydrogen) atoms. The van der Waals surface area contributed by atoms with Gasteiger partial charge < -0.3 is 9.80 Å². The van der Waals surface area contributed by atoms with Crippen molar-refractivity contribution in [3.63, 3.8) is 0 Å². The van der Waals surface area contributed by atoms with Gasteiger partial charge >= 0.3 is 0 Å². The van der Waals surface area contributed by atoms with Crippen LogP contribution in [0.3, 0.4) is 0 Å². The number of aromatic nitrogens is 3. The summed E-state index contributed by atoms with van der Waals surface area (Å²) in [5.74, 6) is -0.301. The Morgan fingerprint density at radius 3 is 2.79 bits per heavy atom. The lowest BCUT2D eigenvalue weighted by molar-refractivity contribution is -0.135. The number of aromatic amines is 1. The molecule has 1 fully saturated rings. The Balaban J connectivity index is 1.68. The first-order valence-electron chi connectivity index (χ1n) is 10.2. The molecule has 0 aliphatic carbocycles. The molecule has 2 bridgehead atoms. The van der Waals surface area contributed by atoms with Crippen LogP contribution < -0.4 is 5.56 Å². The number of pyridine rings is 1. The SMILES string of the molecule is CCCc1cc(C(=O)N2C[C@H]3C[C@@H](C2)[C@H](C(=O)N(C)C)n2c3cccc2=O)n[nH]1. The van der Waals surface area contributed by atoms with Gasteiger partial charge in [0.1, 0.15) is 11.7 Å². The molecule has 0 unspecified atom stereocenters. The molecule has 1 N–H and O–H groups in total. The number of likely N-dealkylation sites (N-methyl/N-ethyl adjacent to an activating group) is 1. The first kappa shape index (κ1) is 19.4. The predicted octanol–water partition coefficient (Wildman–Crippen LogP) is 1.41. The van der Waals surface area contributed by atoms with Crippen LogP contribution in [-0.4, -0.2) is 63.6 Å². The molecule has 4 heterocycles. The van der Waals surface area contributed by atoms with Gasteiger partial charge in [0, 0.05) is 56.5 Å². The van der Waals surface area contributed by atoms with E-state index in [-0.39, 0.29) is 29.2 Å². The van der Waals surface area contributed by atoms with Crippen LogP contribution in [0.2, 0.25) is 0 Å². The van der Waals surface area contributed by atoms with E-state index in [1.807, 2.05) is 12.1 Å². The number of rotatable bonds is 4. The van der Waals surface area contributed by atoms with E-state index >= 15 is 0 Å². The van der Waals surface area contributed by atoms with Crippen molar-refractivity contribution in [3.05, 3.63) is 51.7 Å². The molecule has 1 saturated heterocycles. The fourth-order valence-corrected chi connectivity index (χ4v) is 4.71. The number of nitrogens with one attached hydrogen (secondary N) is 1. The zero-order chi connectivity index (χ0) is 20.7. The van der Waals surface area contributed by atoms with Crippen LogP contribution in [0.15, 0.2) is 29.1 Å². The Morgan fingerprint density at radius 1 is 1.28 bits per heavy atom. The van der Waals surface area contributed by atoms with Gasteiger partial charge in [-0.25, -0.2) is 0 Å². The summed E-state index contributed by atoms with van der Waals surface area (Å²) in [6.07, 6.45) is 2.61. The summed E-state index contributed by atoms with van der Waals surface area (Å²) in [7, 11) is 3.40. The highest BCUT2D eigenvalue weighted by molar-refractivity contribution is 5.92. The third-order valence-electron chi connectivity index (χ3n) is 6.00. The number of hydrogen-bond donors (Lipinski definition) is 1. The fourth-order valence-electron chi connectivity index (χ4n) is 4.71. The number of nitrogens with zero attached hydrogens (tertiary/aromatic N) is 4. The Morgan fingerprint density at radius 2 is 2.07 bits per heavy atom. The van der Waals surface area contributed by atoms with Gasteiger partial charge in [-0.3, -0.25) is 24.0 Å². The van der Waals surface area contributed by atoms with Gasteiger partial charge in [-0.2, -0.15) is 5.10 Å². The predicted molar refractivity (Wildman–Crippen MR) is 108 cm³/mol. The van der Waals surface area contributed by atoms with Crippen LogP contribution >= 0.6 is 0 Å². The first-order valence-corrected chi connectivity index (χ1v) is 10.2. The van der Waals surface area contributed by atoms with E-state index in [2.05, 4.69) is 17.1 Å². The number of H-pyrrole nitrogens is 1. The van der Waals surface area contributed by atoms with E-state index in [1.54, 1.807) is 29.6 Å². The van der Waals surface area contributed by atoms with E-state index in [0.717, 1.165) is 30.7 Å². The molecular weight excluding hydrogens is 370 g/mol. The number of hydrogen-bond acceptors (Lipinski definition) is 4. The lowest BCUT2D eigenvalue weighted by Gasteiger charge is -2.46. The number of carbonyl (C=O) groups excluding carboxylic acids is 2. The second-order valence-corrected chi connectivity index (χ2v) is 8.27. The van der Waals surface area contributed by atoms with Crippen LogP contribution in [0.4, 0.5) is 0 Å². The maximum absolute atomic E-state index is 13.1. The molecule has 0 saturated carbocycles. The molecule has 2 amide bonds. The van der Waals surface area contributed by atoms with Gasteiger partial charge in [-0.1, -0.05) is 19.4 Å². The molecule has 2 aliphatic rings. The highest BCUT2D eigenvalue weighted by Crippen LogP contribution is 2.41. The average Bonchev–Trinajstić information content (AvgIpc) is 3.16. The monoisotopic (exact) mass is 397 g/mol. The van der Waals surface area contributed by atoms with Crippen molar-refractivity contribution in [2.45, 2.75) is 38.1 Å². The minimum atomic E-state index is -0.588. The first-order chi connectivity index (χ1) is 13.9. The molecule has 0 spiro atoms. The summed E-state index contributed by atoms with van der Waals surface area (Å²) < 4.78 is 1.65. The second kappa shape index (κ2) is 7.50. The van der Waals surface area contributed by atoms with Crippen molar-refractivity contribution in [2.75, 3.05) is 27.2 Å². The van der Waals surface area contributed by atoms with Crippen LogP contribution in [0.5, 0.6) is 0 Å². The largest absolute Gasteiger partial charge is 0.347 e. The topological polar surface area (TPSA) is 91.3 Å². The molecule has 0 aromatic carbocycles. The molecular formula is C21H27N5O3. The van der Waals surface area contributed by atoms with Crippen molar-refractivity contribution in [1.29, 1.82) is 0 Å². The van der Waals surface area contributed by atoms with E-state index < -0.39 is 6.04 Å². The highest BCUT2D eigenvalue weighted by Gasteiger charge is 2.45. The van der Waals surface area contributed by atoms with Crippen LogP contribution in [0.1, 0.15) is 53.6 Å². The lowest BCUT2D eigenvalue weighted by atomic mass is 9.78. The number of aryl methyl sites for hydroxylation is 1. The maximum atomic E-state index is 13.1. The molecule has 2 aromatic rings. The summed E-state index contributed by atoms with van der Waals surface area (Å²) in [6.45, 7) is 3.05. The third kappa shape index (κ3) is 3.36. The summed E-state index contributed by atoms with van der Waals surface area (Å²) in [6, 6.07) is 6.37. The minimum Gasteiger partial charge on any atom is -0.347 e. The van der Waals surface area contributed by atoms with E-state index in [0.29, 0.717) is 18.8 Å². The lowest BCUT2D eigenvalue weighted by Crippen LogP contribution is -2.54. The Bertz CT molecular complexity index is 992. The summed E-state index contributed by atoms with van der Waals surface area (Å²) in [4.78, 5) is 42.0. The Labute approximate surface area is 169 Å². The van der Waals surface area contributed by atoms with E-state index in [9.17, 15) is 14.4 Å². The molecule has 154 valence electrons. The number of carbonyl (C=O) groups is 2. The fraction of sp³-hybridized carbons (Fsp3) is 0.524. The van der Waals surface area contributed by atoms with Gasteiger partial charge in [0.05, 0.1) is 0 Å². The van der Waals surface area contributed by atoms with Crippen molar-refractivity contribution in [2.24, 2.45) is 5.92 Å². The molecule has 2 aliphatic heterocycles. The smallest absolute Gasteiger partial charge is 0.274 e. The molecule has 8 nitrogen and oxygen atoms in total.